The first-order chi connectivity index (χ1) is 15.8. The smallest absolute Gasteiger partial charge is 0.416 e. The lowest BCUT2D eigenvalue weighted by Crippen LogP contribution is -2.29. The summed E-state index contributed by atoms with van der Waals surface area (Å²) in [5, 5.41) is 8.72. The first-order valence-corrected chi connectivity index (χ1v) is 10.7. The number of aromatic nitrogens is 1. The minimum Gasteiger partial charge on any atom is -0.481 e. The van der Waals surface area contributed by atoms with Crippen molar-refractivity contribution in [3.8, 4) is 11.3 Å². The van der Waals surface area contributed by atoms with Crippen LogP contribution in [0.25, 0.3) is 17.3 Å². The molecule has 0 radical (unpaired) electrons. The quantitative estimate of drug-likeness (QED) is 0.293. The average Bonchev–Trinajstić information content (AvgIpc) is 2.99. The molecule has 1 aliphatic heterocycles. The molecule has 1 N–H and O–H groups in total. The first-order valence-electron chi connectivity index (χ1n) is 9.50. The van der Waals surface area contributed by atoms with Gasteiger partial charge in [0.05, 0.1) is 27.4 Å². The van der Waals surface area contributed by atoms with Crippen LogP contribution in [-0.4, -0.2) is 37.7 Å². The maximum atomic E-state index is 13.2. The van der Waals surface area contributed by atoms with Gasteiger partial charge < -0.3 is 5.11 Å². The molecule has 0 atom stereocenters. The molecule has 2 heterocycles. The van der Waals surface area contributed by atoms with Crippen molar-refractivity contribution in [2.75, 3.05) is 6.54 Å². The number of carboxylic acids is 1. The highest BCUT2D eigenvalue weighted by atomic mass is 32.2. The Labute approximate surface area is 198 Å². The van der Waals surface area contributed by atoms with Crippen LogP contribution in [0.15, 0.2) is 41.3 Å². The van der Waals surface area contributed by atoms with Gasteiger partial charge in [-0.2, -0.15) is 26.3 Å². The van der Waals surface area contributed by atoms with Gasteiger partial charge in [0.15, 0.2) is 0 Å². The van der Waals surface area contributed by atoms with Crippen LogP contribution in [0.1, 0.15) is 29.7 Å². The molecule has 13 heteroatoms. The van der Waals surface area contributed by atoms with E-state index < -0.39 is 40.9 Å². The van der Waals surface area contributed by atoms with Gasteiger partial charge in [-0.15, -0.1) is 0 Å². The van der Waals surface area contributed by atoms with Gasteiger partial charge in [0.1, 0.15) is 4.32 Å². The molecule has 1 saturated heterocycles. The molecule has 1 fully saturated rings. The molecule has 0 bridgehead atoms. The van der Waals surface area contributed by atoms with Gasteiger partial charge in [0.25, 0.3) is 5.91 Å². The molecule has 2 aromatic rings. The number of pyridine rings is 1. The fraction of sp³-hybridized carbons (Fsp3) is 0.238. The van der Waals surface area contributed by atoms with Crippen molar-refractivity contribution in [2.24, 2.45) is 0 Å². The van der Waals surface area contributed by atoms with E-state index in [0.29, 0.717) is 12.1 Å². The number of amides is 1. The summed E-state index contributed by atoms with van der Waals surface area (Å²) in [6, 6.07) is 5.24. The molecule has 1 aromatic carbocycles. The van der Waals surface area contributed by atoms with E-state index in [2.05, 4.69) is 4.98 Å². The van der Waals surface area contributed by atoms with Crippen LogP contribution in [0, 0.1) is 0 Å². The van der Waals surface area contributed by atoms with Gasteiger partial charge in [-0.05, 0) is 42.8 Å². The summed E-state index contributed by atoms with van der Waals surface area (Å²) in [4.78, 5) is 28.7. The standard InChI is InChI=1S/C21H14F6N2O3S2/c22-20(23,24)12-7-11(8-13(9-12)21(25,26)27)15-4-1-3-14(28-15)10-16-18(32)29(19(33)34-16)6-2-5-17(30)31/h1,3-4,7-10H,2,5-6H2,(H,30,31)/b16-10-. The van der Waals surface area contributed by atoms with Crippen LogP contribution in [-0.2, 0) is 21.9 Å². The second kappa shape index (κ2) is 9.74. The van der Waals surface area contributed by atoms with E-state index in [4.69, 9.17) is 17.3 Å². The van der Waals surface area contributed by atoms with Gasteiger partial charge in [-0.1, -0.05) is 30.0 Å². The number of carbonyl (C=O) groups excluding carboxylic acids is 1. The van der Waals surface area contributed by atoms with Gasteiger partial charge in [-0.25, -0.2) is 4.98 Å². The van der Waals surface area contributed by atoms with Crippen molar-refractivity contribution >= 4 is 46.3 Å². The lowest BCUT2D eigenvalue weighted by molar-refractivity contribution is -0.143. The van der Waals surface area contributed by atoms with E-state index in [1.165, 1.54) is 29.2 Å². The molecule has 1 aromatic heterocycles. The Hall–Kier alpha value is -2.93. The predicted octanol–water partition coefficient (Wildman–Crippen LogP) is 5.85. The van der Waals surface area contributed by atoms with E-state index >= 15 is 0 Å². The third kappa shape index (κ3) is 6.14. The monoisotopic (exact) mass is 520 g/mol. The molecular formula is C21H14F6N2O3S2. The number of thiocarbonyl (C=S) groups is 1. The fourth-order valence-corrected chi connectivity index (χ4v) is 4.30. The van der Waals surface area contributed by atoms with Gasteiger partial charge >= 0.3 is 18.3 Å². The van der Waals surface area contributed by atoms with Crippen molar-refractivity contribution in [1.82, 2.24) is 9.88 Å². The zero-order chi connectivity index (χ0) is 25.3. The highest BCUT2D eigenvalue weighted by Crippen LogP contribution is 2.38. The maximum Gasteiger partial charge on any atom is 0.416 e. The van der Waals surface area contributed by atoms with E-state index in [-0.39, 0.29) is 46.1 Å². The third-order valence-electron chi connectivity index (χ3n) is 4.58. The second-order valence-electron chi connectivity index (χ2n) is 7.07. The summed E-state index contributed by atoms with van der Waals surface area (Å²) < 4.78 is 79.2. The number of halogens is 6. The zero-order valence-electron chi connectivity index (χ0n) is 16.9. The van der Waals surface area contributed by atoms with Gasteiger partial charge in [0, 0.05) is 18.5 Å². The minimum atomic E-state index is -5.00. The number of carbonyl (C=O) groups is 2. The van der Waals surface area contributed by atoms with Gasteiger partial charge in [0.2, 0.25) is 0 Å². The Morgan fingerprint density at radius 1 is 1.09 bits per heavy atom. The maximum absolute atomic E-state index is 13.2. The molecule has 5 nitrogen and oxygen atoms in total. The zero-order valence-corrected chi connectivity index (χ0v) is 18.5. The van der Waals surface area contributed by atoms with E-state index in [1.807, 2.05) is 0 Å². The number of aliphatic carboxylic acids is 1. The Bertz CT molecular complexity index is 1150. The summed E-state index contributed by atoms with van der Waals surface area (Å²) in [6.07, 6.45) is -8.65. The topological polar surface area (TPSA) is 70.5 Å². The summed E-state index contributed by atoms with van der Waals surface area (Å²) in [5.41, 5.74) is -3.35. The number of benzene rings is 1. The Kier molecular flexibility index (Phi) is 7.36. The first kappa shape index (κ1) is 25.7. The SMILES string of the molecule is O=C(O)CCCN1C(=O)/C(=C/c2cccc(-c3cc(C(F)(F)F)cc(C(F)(F)F)c3)n2)SC1=S. The third-order valence-corrected chi connectivity index (χ3v) is 5.96. The number of alkyl halides is 6. The van der Waals surface area contributed by atoms with Crippen LogP contribution in [0.5, 0.6) is 0 Å². The van der Waals surface area contributed by atoms with E-state index in [1.54, 1.807) is 0 Å². The molecule has 0 saturated carbocycles. The summed E-state index contributed by atoms with van der Waals surface area (Å²) in [5.74, 6) is -1.52. The summed E-state index contributed by atoms with van der Waals surface area (Å²) in [7, 11) is 0. The van der Waals surface area contributed by atoms with E-state index in [9.17, 15) is 35.9 Å². The lowest BCUT2D eigenvalue weighted by Gasteiger charge is -2.14. The van der Waals surface area contributed by atoms with Crippen molar-refractivity contribution < 1.29 is 41.0 Å². The highest BCUT2D eigenvalue weighted by Gasteiger charge is 2.37. The molecule has 180 valence electrons. The van der Waals surface area contributed by atoms with Crippen LogP contribution < -0.4 is 0 Å². The van der Waals surface area contributed by atoms with Crippen molar-refractivity contribution in [3.05, 3.63) is 58.1 Å². The largest absolute Gasteiger partial charge is 0.481 e. The van der Waals surface area contributed by atoms with Crippen molar-refractivity contribution in [2.45, 2.75) is 25.2 Å². The number of rotatable bonds is 6. The molecule has 34 heavy (non-hydrogen) atoms. The number of hydrogen-bond donors (Lipinski definition) is 1. The molecule has 0 spiro atoms. The molecule has 3 rings (SSSR count). The number of nitrogens with zero attached hydrogens (tertiary/aromatic N) is 2. The van der Waals surface area contributed by atoms with Crippen LogP contribution >= 0.6 is 24.0 Å². The number of thioether (sulfide) groups is 1. The highest BCUT2D eigenvalue weighted by molar-refractivity contribution is 8.26. The van der Waals surface area contributed by atoms with Crippen LogP contribution in [0.4, 0.5) is 26.3 Å². The minimum absolute atomic E-state index is 0.0308. The Balaban J connectivity index is 1.93. The lowest BCUT2D eigenvalue weighted by atomic mass is 10.0. The average molecular weight is 520 g/mol. The second-order valence-corrected chi connectivity index (χ2v) is 8.75. The normalized spacial score (nSPS) is 15.9. The van der Waals surface area contributed by atoms with Crippen molar-refractivity contribution in [3.63, 3.8) is 0 Å². The summed E-state index contributed by atoms with van der Waals surface area (Å²) in [6.45, 7) is 0.0895. The Morgan fingerprint density at radius 3 is 2.26 bits per heavy atom. The molecule has 0 aliphatic carbocycles. The van der Waals surface area contributed by atoms with Crippen LogP contribution in [0.3, 0.4) is 0 Å². The molecule has 0 unspecified atom stereocenters. The molecular weight excluding hydrogens is 506 g/mol. The van der Waals surface area contributed by atoms with E-state index in [0.717, 1.165) is 11.8 Å². The van der Waals surface area contributed by atoms with Crippen molar-refractivity contribution in [1.29, 1.82) is 0 Å². The fourth-order valence-electron chi connectivity index (χ4n) is 3.01. The Morgan fingerprint density at radius 2 is 1.71 bits per heavy atom. The molecule has 1 amide bonds. The predicted molar refractivity (Wildman–Crippen MR) is 116 cm³/mol. The molecule has 1 aliphatic rings. The summed E-state index contributed by atoms with van der Waals surface area (Å²) >= 11 is 6.07. The number of hydrogen-bond acceptors (Lipinski definition) is 5. The van der Waals surface area contributed by atoms with Gasteiger partial charge in [-0.3, -0.25) is 14.5 Å². The van der Waals surface area contributed by atoms with Crippen LogP contribution in [0.2, 0.25) is 0 Å². The number of carboxylic acid groups (broad SMARTS) is 1.